The monoisotopic (exact) mass is 422 g/mol. The first-order chi connectivity index (χ1) is 15.2. The van der Waals surface area contributed by atoms with Crippen LogP contribution in [-0.4, -0.2) is 56.9 Å². The van der Waals surface area contributed by atoms with Gasteiger partial charge in [0.15, 0.2) is 17.3 Å². The number of piperidine rings is 1. The van der Waals surface area contributed by atoms with E-state index in [0.717, 1.165) is 24.2 Å². The van der Waals surface area contributed by atoms with Crippen molar-refractivity contribution in [1.29, 1.82) is 0 Å². The van der Waals surface area contributed by atoms with Gasteiger partial charge in [-0.15, -0.1) is 10.2 Å². The summed E-state index contributed by atoms with van der Waals surface area (Å²) in [6, 6.07) is 11.0. The zero-order chi connectivity index (χ0) is 21.0. The summed E-state index contributed by atoms with van der Waals surface area (Å²) in [5.74, 6) is 2.55. The van der Waals surface area contributed by atoms with Gasteiger partial charge in [0.25, 0.3) is 0 Å². The largest absolute Gasteiger partial charge is 0.473 e. The van der Waals surface area contributed by atoms with Crippen LogP contribution in [0.4, 0.5) is 4.79 Å². The summed E-state index contributed by atoms with van der Waals surface area (Å²) < 4.78 is 18.3. The maximum atomic E-state index is 12.5. The maximum Gasteiger partial charge on any atom is 0.317 e. The van der Waals surface area contributed by atoms with Gasteiger partial charge in [0.05, 0.1) is 0 Å². The highest BCUT2D eigenvalue weighted by Crippen LogP contribution is 2.32. The molecule has 0 saturated carbocycles. The Hall–Kier alpha value is -3.82. The molecule has 2 aliphatic heterocycles. The van der Waals surface area contributed by atoms with Gasteiger partial charge in [0, 0.05) is 50.9 Å². The van der Waals surface area contributed by atoms with Crippen molar-refractivity contribution in [3.05, 3.63) is 54.4 Å². The minimum atomic E-state index is -0.0838. The van der Waals surface area contributed by atoms with E-state index < -0.39 is 0 Å². The molecule has 0 aliphatic carbocycles. The Balaban J connectivity index is 1.08. The van der Waals surface area contributed by atoms with Crippen molar-refractivity contribution in [1.82, 2.24) is 30.2 Å². The molecule has 0 radical (unpaired) electrons. The van der Waals surface area contributed by atoms with Crippen LogP contribution in [0, 0.1) is 0 Å². The van der Waals surface area contributed by atoms with Crippen molar-refractivity contribution in [3.8, 4) is 23.2 Å². The lowest BCUT2D eigenvalue weighted by Gasteiger charge is -2.31. The smallest absolute Gasteiger partial charge is 0.317 e. The summed E-state index contributed by atoms with van der Waals surface area (Å²) in [5, 5.41) is 15.4. The SMILES string of the molecule is O=C(NCc1ccc2c(c1)OCO2)N1CCC(Oc2ccc(-n3cccn3)nn2)CC1. The van der Waals surface area contributed by atoms with Crippen molar-refractivity contribution in [2.75, 3.05) is 19.9 Å². The van der Waals surface area contributed by atoms with Crippen molar-refractivity contribution >= 4 is 6.03 Å². The van der Waals surface area contributed by atoms with Crippen molar-refractivity contribution in [2.45, 2.75) is 25.5 Å². The summed E-state index contributed by atoms with van der Waals surface area (Å²) in [6.45, 7) is 1.92. The molecule has 0 bridgehead atoms. The van der Waals surface area contributed by atoms with E-state index in [1.54, 1.807) is 28.0 Å². The maximum absolute atomic E-state index is 12.5. The molecule has 0 spiro atoms. The predicted molar refractivity (Wildman–Crippen MR) is 109 cm³/mol. The average molecular weight is 422 g/mol. The summed E-state index contributed by atoms with van der Waals surface area (Å²) in [7, 11) is 0. The Morgan fingerprint density at radius 1 is 1.13 bits per heavy atom. The average Bonchev–Trinajstić information content (AvgIpc) is 3.50. The normalized spacial score (nSPS) is 15.7. The van der Waals surface area contributed by atoms with Gasteiger partial charge >= 0.3 is 6.03 Å². The molecule has 0 unspecified atom stereocenters. The van der Waals surface area contributed by atoms with Crippen molar-refractivity contribution < 1.29 is 19.0 Å². The van der Waals surface area contributed by atoms with Gasteiger partial charge in [0.1, 0.15) is 6.10 Å². The van der Waals surface area contributed by atoms with Crippen molar-refractivity contribution in [3.63, 3.8) is 0 Å². The molecule has 31 heavy (non-hydrogen) atoms. The first kappa shape index (κ1) is 19.2. The van der Waals surface area contributed by atoms with Crippen LogP contribution in [0.5, 0.6) is 17.4 Å². The number of carbonyl (C=O) groups excluding carboxylic acids is 1. The van der Waals surface area contributed by atoms with Gasteiger partial charge in [-0.1, -0.05) is 6.07 Å². The number of hydrogen-bond donors (Lipinski definition) is 1. The molecule has 2 amide bonds. The van der Waals surface area contributed by atoms with Gasteiger partial charge in [0.2, 0.25) is 12.7 Å². The molecule has 3 aromatic rings. The van der Waals surface area contributed by atoms with Gasteiger partial charge in [-0.3, -0.25) is 0 Å². The molecule has 2 aliphatic rings. The van der Waals surface area contributed by atoms with Crippen LogP contribution in [0.3, 0.4) is 0 Å². The second-order valence-corrected chi connectivity index (χ2v) is 7.33. The number of likely N-dealkylation sites (tertiary alicyclic amines) is 1. The lowest BCUT2D eigenvalue weighted by molar-refractivity contribution is 0.106. The Morgan fingerprint density at radius 3 is 2.77 bits per heavy atom. The zero-order valence-corrected chi connectivity index (χ0v) is 16.8. The third-order valence-electron chi connectivity index (χ3n) is 5.26. The lowest BCUT2D eigenvalue weighted by Crippen LogP contribution is -2.46. The number of rotatable bonds is 5. The third-order valence-corrected chi connectivity index (χ3v) is 5.26. The zero-order valence-electron chi connectivity index (χ0n) is 16.8. The lowest BCUT2D eigenvalue weighted by atomic mass is 10.1. The molecular weight excluding hydrogens is 400 g/mol. The van der Waals surface area contributed by atoms with E-state index in [9.17, 15) is 4.79 Å². The number of ether oxygens (including phenoxy) is 3. The Kier molecular flexibility index (Phi) is 5.26. The molecular formula is C21H22N6O4. The van der Waals surface area contributed by atoms with Gasteiger partial charge in [-0.05, 0) is 29.8 Å². The Labute approximate surface area is 178 Å². The second-order valence-electron chi connectivity index (χ2n) is 7.33. The first-order valence-electron chi connectivity index (χ1n) is 10.2. The summed E-state index contributed by atoms with van der Waals surface area (Å²) in [4.78, 5) is 14.3. The molecule has 4 heterocycles. The minimum absolute atomic E-state index is 0.00256. The van der Waals surface area contributed by atoms with E-state index in [1.165, 1.54) is 0 Å². The number of amides is 2. The number of urea groups is 1. The molecule has 160 valence electrons. The number of carbonyl (C=O) groups is 1. The van der Waals surface area contributed by atoms with E-state index in [2.05, 4.69) is 20.6 Å². The fourth-order valence-electron chi connectivity index (χ4n) is 3.59. The number of hydrogen-bond acceptors (Lipinski definition) is 7. The van der Waals surface area contributed by atoms with Crippen molar-refractivity contribution in [2.24, 2.45) is 0 Å². The first-order valence-corrected chi connectivity index (χ1v) is 10.2. The summed E-state index contributed by atoms with van der Waals surface area (Å²) in [6.07, 6.45) is 4.96. The molecule has 5 rings (SSSR count). The van der Waals surface area contributed by atoms with Crippen LogP contribution in [0.1, 0.15) is 18.4 Å². The molecule has 1 N–H and O–H groups in total. The van der Waals surface area contributed by atoms with Crippen LogP contribution in [0.25, 0.3) is 5.82 Å². The van der Waals surface area contributed by atoms with Crippen LogP contribution < -0.4 is 19.5 Å². The standard InChI is InChI=1S/C21H22N6O4/c28-21(22-13-15-2-3-17-18(12-15)30-14-29-17)26-10-6-16(7-11-26)31-20-5-4-19(24-25-20)27-9-1-8-23-27/h1-5,8-9,12,16H,6-7,10-11,13-14H2,(H,22,28). The highest BCUT2D eigenvalue weighted by atomic mass is 16.7. The molecule has 10 heteroatoms. The third kappa shape index (κ3) is 4.37. The van der Waals surface area contributed by atoms with Crippen LogP contribution in [-0.2, 0) is 6.54 Å². The van der Waals surface area contributed by atoms with E-state index in [1.807, 2.05) is 30.3 Å². The van der Waals surface area contributed by atoms with Crippen LogP contribution in [0.15, 0.2) is 48.8 Å². The highest BCUT2D eigenvalue weighted by molar-refractivity contribution is 5.74. The van der Waals surface area contributed by atoms with Gasteiger partial charge < -0.3 is 24.4 Å². The number of nitrogens with one attached hydrogen (secondary N) is 1. The Bertz CT molecular complexity index is 1030. The topological polar surface area (TPSA) is 104 Å². The van der Waals surface area contributed by atoms with E-state index in [-0.39, 0.29) is 18.9 Å². The summed E-state index contributed by atoms with van der Waals surface area (Å²) in [5.41, 5.74) is 0.966. The minimum Gasteiger partial charge on any atom is -0.473 e. The number of nitrogens with zero attached hydrogens (tertiary/aromatic N) is 5. The molecule has 1 aromatic carbocycles. The van der Waals surface area contributed by atoms with Gasteiger partial charge in [-0.25, -0.2) is 9.48 Å². The number of benzene rings is 1. The molecule has 2 aromatic heterocycles. The van der Waals surface area contributed by atoms with Crippen LogP contribution in [0.2, 0.25) is 0 Å². The van der Waals surface area contributed by atoms with E-state index in [0.29, 0.717) is 37.1 Å². The molecule has 1 fully saturated rings. The molecule has 1 saturated heterocycles. The molecule has 10 nitrogen and oxygen atoms in total. The van der Waals surface area contributed by atoms with Gasteiger partial charge in [-0.2, -0.15) is 5.10 Å². The summed E-state index contributed by atoms with van der Waals surface area (Å²) >= 11 is 0. The molecule has 0 atom stereocenters. The van der Waals surface area contributed by atoms with Crippen LogP contribution >= 0.6 is 0 Å². The predicted octanol–water partition coefficient (Wildman–Crippen LogP) is 2.14. The quantitative estimate of drug-likeness (QED) is 0.672. The fraction of sp³-hybridized carbons (Fsp3) is 0.333. The number of aromatic nitrogens is 4. The van der Waals surface area contributed by atoms with E-state index in [4.69, 9.17) is 14.2 Å². The highest BCUT2D eigenvalue weighted by Gasteiger charge is 2.24. The second kappa shape index (κ2) is 8.50. The Morgan fingerprint density at radius 2 is 2.00 bits per heavy atom. The van der Waals surface area contributed by atoms with E-state index >= 15 is 0 Å². The fourth-order valence-corrected chi connectivity index (χ4v) is 3.59. The number of fused-ring (bicyclic) bond motifs is 1.